The summed E-state index contributed by atoms with van der Waals surface area (Å²) in [6.07, 6.45) is 4.44. The van der Waals surface area contributed by atoms with Gasteiger partial charge in [-0.15, -0.1) is 24.0 Å². The summed E-state index contributed by atoms with van der Waals surface area (Å²) in [7, 11) is 1.71. The molecule has 1 amide bonds. The third-order valence-electron chi connectivity index (χ3n) is 4.55. The number of fused-ring (bicyclic) bond motifs is 1. The number of aliphatic imine (C=N–C) groups is 1. The number of nitrogens with zero attached hydrogens (tertiary/aromatic N) is 2. The number of rotatable bonds is 4. The number of guanidine groups is 1. The van der Waals surface area contributed by atoms with Gasteiger partial charge >= 0.3 is 0 Å². The van der Waals surface area contributed by atoms with Crippen molar-refractivity contribution in [1.29, 1.82) is 0 Å². The molecule has 1 unspecified atom stereocenters. The number of likely N-dealkylation sites (tertiary alicyclic amines) is 1. The third kappa shape index (κ3) is 5.49. The van der Waals surface area contributed by atoms with Gasteiger partial charge in [0.25, 0.3) is 0 Å². The molecule has 2 N–H and O–H groups in total. The van der Waals surface area contributed by atoms with E-state index in [9.17, 15) is 4.79 Å². The quantitative estimate of drug-likeness (QED) is 0.410. The largest absolute Gasteiger partial charge is 0.488 e. The maximum absolute atomic E-state index is 12.2. The van der Waals surface area contributed by atoms with E-state index in [4.69, 9.17) is 4.74 Å². The van der Waals surface area contributed by atoms with Gasteiger partial charge in [0.05, 0.1) is 13.1 Å². The molecule has 0 bridgehead atoms. The molecule has 7 heteroatoms. The van der Waals surface area contributed by atoms with Crippen molar-refractivity contribution >= 4 is 35.8 Å². The van der Waals surface area contributed by atoms with Crippen LogP contribution in [-0.2, 0) is 11.2 Å². The number of ether oxygens (including phenoxy) is 1. The molecule has 3 rings (SSSR count). The predicted octanol–water partition coefficient (Wildman–Crippen LogP) is 1.79. The van der Waals surface area contributed by atoms with Gasteiger partial charge in [-0.1, -0.05) is 18.2 Å². The lowest BCUT2D eigenvalue weighted by atomic mass is 10.1. The fraction of sp³-hybridized carbons (Fsp3) is 0.556. The molecule has 1 atom stereocenters. The molecule has 0 saturated carbocycles. The molecule has 1 aromatic rings. The Bertz CT molecular complexity index is 577. The van der Waals surface area contributed by atoms with Gasteiger partial charge in [0.15, 0.2) is 5.96 Å². The van der Waals surface area contributed by atoms with Gasteiger partial charge in [-0.3, -0.25) is 9.79 Å². The van der Waals surface area contributed by atoms with Crippen LogP contribution in [-0.4, -0.2) is 56.1 Å². The minimum Gasteiger partial charge on any atom is -0.488 e. The molecular formula is C18H27IN4O2. The Kier molecular flexibility index (Phi) is 7.80. The topological polar surface area (TPSA) is 66.0 Å². The molecule has 2 heterocycles. The van der Waals surface area contributed by atoms with Crippen LogP contribution in [0.1, 0.15) is 24.8 Å². The summed E-state index contributed by atoms with van der Waals surface area (Å²) in [5.41, 5.74) is 1.24. The summed E-state index contributed by atoms with van der Waals surface area (Å²) < 4.78 is 5.90. The summed E-state index contributed by atoms with van der Waals surface area (Å²) >= 11 is 0. The molecule has 1 saturated heterocycles. The molecule has 0 spiro atoms. The molecule has 138 valence electrons. The number of carbonyl (C=O) groups excluding carboxylic acids is 1. The Morgan fingerprint density at radius 3 is 2.72 bits per heavy atom. The maximum atomic E-state index is 12.2. The molecule has 0 aliphatic carbocycles. The molecular weight excluding hydrogens is 431 g/mol. The van der Waals surface area contributed by atoms with E-state index < -0.39 is 0 Å². The van der Waals surface area contributed by atoms with E-state index in [0.717, 1.165) is 38.1 Å². The van der Waals surface area contributed by atoms with Crippen LogP contribution in [0, 0.1) is 0 Å². The molecule has 25 heavy (non-hydrogen) atoms. The summed E-state index contributed by atoms with van der Waals surface area (Å²) in [6.45, 7) is 2.69. The molecule has 0 radical (unpaired) electrons. The average Bonchev–Trinajstić information content (AvgIpc) is 3.05. The number of carbonyl (C=O) groups is 1. The number of amides is 1. The number of para-hydroxylation sites is 1. The van der Waals surface area contributed by atoms with Crippen molar-refractivity contribution in [3.63, 3.8) is 0 Å². The number of hydrogen-bond acceptors (Lipinski definition) is 3. The monoisotopic (exact) mass is 458 g/mol. The highest BCUT2D eigenvalue weighted by molar-refractivity contribution is 14.0. The lowest BCUT2D eigenvalue weighted by molar-refractivity contribution is -0.130. The average molecular weight is 458 g/mol. The van der Waals surface area contributed by atoms with E-state index in [-0.39, 0.29) is 42.5 Å². The van der Waals surface area contributed by atoms with Gasteiger partial charge in [0, 0.05) is 26.6 Å². The highest BCUT2D eigenvalue weighted by atomic mass is 127. The molecule has 1 aromatic carbocycles. The minimum atomic E-state index is 0. The Morgan fingerprint density at radius 1 is 1.24 bits per heavy atom. The van der Waals surface area contributed by atoms with Crippen molar-refractivity contribution in [2.45, 2.75) is 31.8 Å². The van der Waals surface area contributed by atoms with Crippen LogP contribution in [0.3, 0.4) is 0 Å². The highest BCUT2D eigenvalue weighted by Crippen LogP contribution is 2.27. The van der Waals surface area contributed by atoms with Crippen molar-refractivity contribution in [2.24, 2.45) is 4.99 Å². The first-order chi connectivity index (χ1) is 11.8. The normalized spacial score (nSPS) is 19.5. The molecule has 2 aliphatic heterocycles. The van der Waals surface area contributed by atoms with Crippen molar-refractivity contribution in [2.75, 3.05) is 33.2 Å². The summed E-state index contributed by atoms with van der Waals surface area (Å²) in [4.78, 5) is 18.3. The molecule has 6 nitrogen and oxygen atoms in total. The zero-order chi connectivity index (χ0) is 16.8. The lowest BCUT2D eigenvalue weighted by Crippen LogP contribution is -2.47. The van der Waals surface area contributed by atoms with E-state index in [1.54, 1.807) is 7.05 Å². The second-order valence-corrected chi connectivity index (χ2v) is 6.30. The Labute approximate surface area is 166 Å². The van der Waals surface area contributed by atoms with E-state index in [1.165, 1.54) is 12.0 Å². The van der Waals surface area contributed by atoms with E-state index in [1.807, 2.05) is 23.1 Å². The predicted molar refractivity (Wildman–Crippen MR) is 110 cm³/mol. The number of nitrogens with one attached hydrogen (secondary N) is 2. The summed E-state index contributed by atoms with van der Waals surface area (Å²) in [5, 5.41) is 6.35. The first-order valence-electron chi connectivity index (χ1n) is 8.73. The number of halogens is 1. The fourth-order valence-electron chi connectivity index (χ4n) is 3.21. The van der Waals surface area contributed by atoms with Crippen molar-refractivity contribution in [3.8, 4) is 5.75 Å². The fourth-order valence-corrected chi connectivity index (χ4v) is 3.21. The van der Waals surface area contributed by atoms with Crippen molar-refractivity contribution in [1.82, 2.24) is 15.5 Å². The van der Waals surface area contributed by atoms with Gasteiger partial charge in [0.1, 0.15) is 11.9 Å². The highest BCUT2D eigenvalue weighted by Gasteiger charge is 2.22. The molecule has 2 aliphatic rings. The van der Waals surface area contributed by atoms with E-state index >= 15 is 0 Å². The van der Waals surface area contributed by atoms with Gasteiger partial charge in [-0.05, 0) is 30.9 Å². The third-order valence-corrected chi connectivity index (χ3v) is 4.55. The SMILES string of the molecule is CN=C(NCC(=O)N1CCCCC1)NCC1Cc2ccccc2O1.I. The second-order valence-electron chi connectivity index (χ2n) is 6.30. The van der Waals surface area contributed by atoms with Crippen LogP contribution in [0.4, 0.5) is 0 Å². The van der Waals surface area contributed by atoms with E-state index in [0.29, 0.717) is 12.5 Å². The zero-order valence-corrected chi connectivity index (χ0v) is 17.0. The van der Waals surface area contributed by atoms with Crippen LogP contribution in [0.15, 0.2) is 29.3 Å². The maximum Gasteiger partial charge on any atom is 0.241 e. The van der Waals surface area contributed by atoms with Gasteiger partial charge in [0.2, 0.25) is 5.91 Å². The second kappa shape index (κ2) is 9.84. The Hall–Kier alpha value is -1.51. The van der Waals surface area contributed by atoms with Gasteiger partial charge in [-0.2, -0.15) is 0 Å². The summed E-state index contributed by atoms with van der Waals surface area (Å²) in [6, 6.07) is 8.12. The Balaban J connectivity index is 0.00000225. The van der Waals surface area contributed by atoms with Crippen LogP contribution < -0.4 is 15.4 Å². The van der Waals surface area contributed by atoms with Gasteiger partial charge < -0.3 is 20.3 Å². The smallest absolute Gasteiger partial charge is 0.241 e. The zero-order valence-electron chi connectivity index (χ0n) is 14.7. The molecule has 0 aromatic heterocycles. The first-order valence-corrected chi connectivity index (χ1v) is 8.73. The standard InChI is InChI=1S/C18H26N4O2.HI/c1-19-18(21-13-17(23)22-9-5-2-6-10-22)20-12-15-11-14-7-3-4-8-16(14)24-15;/h3-4,7-8,15H,2,5-6,9-13H2,1H3,(H2,19,20,21);1H. The van der Waals surface area contributed by atoms with Crippen LogP contribution >= 0.6 is 24.0 Å². The number of benzene rings is 1. The van der Waals surface area contributed by atoms with E-state index in [2.05, 4.69) is 21.7 Å². The van der Waals surface area contributed by atoms with Crippen molar-refractivity contribution < 1.29 is 9.53 Å². The lowest BCUT2D eigenvalue weighted by Gasteiger charge is -2.27. The van der Waals surface area contributed by atoms with Crippen LogP contribution in [0.5, 0.6) is 5.75 Å². The Morgan fingerprint density at radius 2 is 2.00 bits per heavy atom. The number of hydrogen-bond donors (Lipinski definition) is 2. The van der Waals surface area contributed by atoms with Crippen molar-refractivity contribution in [3.05, 3.63) is 29.8 Å². The molecule has 1 fully saturated rings. The van der Waals surface area contributed by atoms with Crippen LogP contribution in [0.2, 0.25) is 0 Å². The minimum absolute atomic E-state index is 0. The van der Waals surface area contributed by atoms with Gasteiger partial charge in [-0.25, -0.2) is 0 Å². The number of piperidine rings is 1. The first kappa shape index (κ1) is 19.8. The summed E-state index contributed by atoms with van der Waals surface area (Å²) in [5.74, 6) is 1.75. The van der Waals surface area contributed by atoms with Crippen LogP contribution in [0.25, 0.3) is 0 Å².